The summed E-state index contributed by atoms with van der Waals surface area (Å²) in [5, 5.41) is 8.24. The van der Waals surface area contributed by atoms with Gasteiger partial charge in [-0.2, -0.15) is 11.3 Å². The van der Waals surface area contributed by atoms with E-state index in [1.807, 2.05) is 42.6 Å². The number of carbonyl (C=O) groups excluding carboxylic acids is 1. The van der Waals surface area contributed by atoms with Crippen LogP contribution in [0.5, 0.6) is 5.75 Å². The average molecular weight is 403 g/mol. The van der Waals surface area contributed by atoms with E-state index >= 15 is 0 Å². The van der Waals surface area contributed by atoms with E-state index in [1.165, 1.54) is 16.7 Å². The highest BCUT2D eigenvalue weighted by molar-refractivity contribution is 7.08. The predicted molar refractivity (Wildman–Crippen MR) is 120 cm³/mol. The normalized spacial score (nSPS) is 11.2. The zero-order chi connectivity index (χ0) is 20.1. The Morgan fingerprint density at radius 1 is 1.17 bits per heavy atom. The number of thiophene rings is 1. The summed E-state index contributed by atoms with van der Waals surface area (Å²) in [5.41, 5.74) is 5.58. The number of ether oxygens (including phenoxy) is 1. The molecule has 0 unspecified atom stereocenters. The van der Waals surface area contributed by atoms with Gasteiger partial charge >= 0.3 is 0 Å². The molecule has 1 amide bonds. The van der Waals surface area contributed by atoms with Crippen LogP contribution in [0.15, 0.2) is 71.6 Å². The quantitative estimate of drug-likeness (QED) is 0.413. The first-order chi connectivity index (χ1) is 14.3. The molecule has 0 aliphatic carbocycles. The van der Waals surface area contributed by atoms with Gasteiger partial charge < -0.3 is 15.0 Å². The van der Waals surface area contributed by atoms with Crippen LogP contribution in [0.1, 0.15) is 11.1 Å². The van der Waals surface area contributed by atoms with Crippen molar-refractivity contribution in [3.63, 3.8) is 0 Å². The molecular formula is C24H22N2O2S. The first-order valence-corrected chi connectivity index (χ1v) is 10.4. The number of benzene rings is 2. The number of hydrogen-bond donors (Lipinski definition) is 2. The van der Waals surface area contributed by atoms with Crippen molar-refractivity contribution in [2.45, 2.75) is 6.42 Å². The molecule has 0 aliphatic rings. The molecule has 0 atom stereocenters. The van der Waals surface area contributed by atoms with Crippen molar-refractivity contribution in [3.05, 3.63) is 82.7 Å². The molecule has 2 aromatic carbocycles. The van der Waals surface area contributed by atoms with Crippen LogP contribution in [0, 0.1) is 0 Å². The van der Waals surface area contributed by atoms with E-state index in [9.17, 15) is 4.79 Å². The highest BCUT2D eigenvalue weighted by Gasteiger charge is 2.07. The van der Waals surface area contributed by atoms with Crippen LogP contribution >= 0.6 is 11.3 Å². The number of amides is 1. The highest BCUT2D eigenvalue weighted by atomic mass is 32.1. The van der Waals surface area contributed by atoms with Crippen LogP contribution in [0.2, 0.25) is 0 Å². The van der Waals surface area contributed by atoms with Gasteiger partial charge in [-0.15, -0.1) is 0 Å². The van der Waals surface area contributed by atoms with Crippen molar-refractivity contribution in [1.29, 1.82) is 0 Å². The molecule has 5 heteroatoms. The minimum Gasteiger partial charge on any atom is -0.495 e. The van der Waals surface area contributed by atoms with E-state index in [4.69, 9.17) is 4.74 Å². The summed E-state index contributed by atoms with van der Waals surface area (Å²) in [6, 6.07) is 16.3. The van der Waals surface area contributed by atoms with Crippen LogP contribution in [-0.2, 0) is 11.2 Å². The molecule has 2 N–H and O–H groups in total. The number of fused-ring (bicyclic) bond motifs is 1. The van der Waals surface area contributed by atoms with Gasteiger partial charge in [-0.1, -0.05) is 36.4 Å². The molecule has 4 nitrogen and oxygen atoms in total. The van der Waals surface area contributed by atoms with Crippen molar-refractivity contribution in [2.75, 3.05) is 13.7 Å². The van der Waals surface area contributed by atoms with Gasteiger partial charge in [-0.3, -0.25) is 4.79 Å². The van der Waals surface area contributed by atoms with E-state index < -0.39 is 0 Å². The van der Waals surface area contributed by atoms with Crippen LogP contribution < -0.4 is 10.1 Å². The zero-order valence-corrected chi connectivity index (χ0v) is 17.0. The van der Waals surface area contributed by atoms with E-state index in [-0.39, 0.29) is 5.91 Å². The summed E-state index contributed by atoms with van der Waals surface area (Å²) >= 11 is 1.69. The van der Waals surface area contributed by atoms with E-state index in [1.54, 1.807) is 24.5 Å². The Balaban J connectivity index is 1.38. The molecule has 146 valence electrons. The van der Waals surface area contributed by atoms with Crippen LogP contribution in [0.4, 0.5) is 0 Å². The van der Waals surface area contributed by atoms with Crippen molar-refractivity contribution >= 4 is 34.2 Å². The van der Waals surface area contributed by atoms with Gasteiger partial charge in [0.25, 0.3) is 0 Å². The maximum Gasteiger partial charge on any atom is 0.244 e. The van der Waals surface area contributed by atoms with Crippen LogP contribution in [0.25, 0.3) is 28.1 Å². The van der Waals surface area contributed by atoms with E-state index in [2.05, 4.69) is 39.3 Å². The molecule has 2 heterocycles. The Labute approximate surface area is 173 Å². The molecule has 0 saturated heterocycles. The maximum atomic E-state index is 12.3. The summed E-state index contributed by atoms with van der Waals surface area (Å²) in [6.07, 6.45) is 6.07. The third-order valence-electron chi connectivity index (χ3n) is 4.89. The summed E-state index contributed by atoms with van der Waals surface area (Å²) in [7, 11) is 1.65. The molecule has 0 radical (unpaired) electrons. The number of aromatic amines is 1. The lowest BCUT2D eigenvalue weighted by atomic mass is 10.00. The Morgan fingerprint density at radius 2 is 2.07 bits per heavy atom. The number of aromatic nitrogens is 1. The Morgan fingerprint density at radius 3 is 2.90 bits per heavy atom. The fourth-order valence-electron chi connectivity index (χ4n) is 3.44. The second-order valence-electron chi connectivity index (χ2n) is 6.67. The summed E-state index contributed by atoms with van der Waals surface area (Å²) in [6.45, 7) is 0.589. The summed E-state index contributed by atoms with van der Waals surface area (Å²) in [5.74, 6) is 0.686. The number of H-pyrrole nitrogens is 1. The third-order valence-corrected chi connectivity index (χ3v) is 5.57. The second-order valence-corrected chi connectivity index (χ2v) is 7.45. The number of rotatable bonds is 7. The standard InChI is InChI=1S/C24H22N2O2S/c1-28-22-8-4-7-21-18(15-26-24(21)22)9-10-23(27)25-13-11-17-5-2-3-6-20(17)19-12-14-29-16-19/h2-10,12,14-16,26H,11,13H2,1H3,(H,25,27)/b10-9+. The Kier molecular flexibility index (Phi) is 5.77. The second kappa shape index (κ2) is 8.80. The zero-order valence-electron chi connectivity index (χ0n) is 16.1. The fraction of sp³-hybridized carbons (Fsp3) is 0.125. The van der Waals surface area contributed by atoms with Crippen molar-refractivity contribution in [2.24, 2.45) is 0 Å². The average Bonchev–Trinajstić information content (AvgIpc) is 3.42. The van der Waals surface area contributed by atoms with Gasteiger partial charge in [-0.25, -0.2) is 0 Å². The molecule has 4 aromatic rings. The monoisotopic (exact) mass is 402 g/mol. The van der Waals surface area contributed by atoms with Crippen LogP contribution in [-0.4, -0.2) is 24.5 Å². The number of carbonyl (C=O) groups is 1. The minimum absolute atomic E-state index is 0.102. The summed E-state index contributed by atoms with van der Waals surface area (Å²) in [4.78, 5) is 15.5. The first-order valence-electron chi connectivity index (χ1n) is 9.47. The Bertz CT molecular complexity index is 1140. The first kappa shape index (κ1) is 19.0. The SMILES string of the molecule is COc1cccc2c(/C=C/C(=O)NCCc3ccccc3-c3ccsc3)c[nH]c12. The number of hydrogen-bond acceptors (Lipinski definition) is 3. The maximum absolute atomic E-state index is 12.3. The summed E-state index contributed by atoms with van der Waals surface area (Å²) < 4.78 is 5.36. The van der Waals surface area contributed by atoms with Crippen LogP contribution in [0.3, 0.4) is 0 Å². The largest absolute Gasteiger partial charge is 0.495 e. The topological polar surface area (TPSA) is 54.1 Å². The molecular weight excluding hydrogens is 380 g/mol. The van der Waals surface area contributed by atoms with Gasteiger partial charge in [0, 0.05) is 29.8 Å². The number of nitrogens with one attached hydrogen (secondary N) is 2. The van der Waals surface area contributed by atoms with Crippen molar-refractivity contribution in [3.8, 4) is 16.9 Å². The fourth-order valence-corrected chi connectivity index (χ4v) is 4.09. The van der Waals surface area contributed by atoms with Gasteiger partial charge in [0.05, 0.1) is 12.6 Å². The lowest BCUT2D eigenvalue weighted by molar-refractivity contribution is -0.116. The molecule has 4 rings (SSSR count). The molecule has 0 fully saturated rings. The highest BCUT2D eigenvalue weighted by Crippen LogP contribution is 2.28. The number of methoxy groups -OCH3 is 1. The molecule has 2 aromatic heterocycles. The van der Waals surface area contributed by atoms with Gasteiger partial charge in [0.2, 0.25) is 5.91 Å². The van der Waals surface area contributed by atoms with E-state index in [0.717, 1.165) is 28.6 Å². The van der Waals surface area contributed by atoms with Gasteiger partial charge in [0.1, 0.15) is 5.75 Å². The number of para-hydroxylation sites is 1. The smallest absolute Gasteiger partial charge is 0.244 e. The Hall–Kier alpha value is -3.31. The molecule has 0 saturated carbocycles. The van der Waals surface area contributed by atoms with Crippen molar-refractivity contribution < 1.29 is 9.53 Å². The molecule has 29 heavy (non-hydrogen) atoms. The third kappa shape index (κ3) is 4.25. The van der Waals surface area contributed by atoms with Crippen molar-refractivity contribution in [1.82, 2.24) is 10.3 Å². The predicted octanol–water partition coefficient (Wildman–Crippen LogP) is 5.28. The van der Waals surface area contributed by atoms with Gasteiger partial charge in [0.15, 0.2) is 0 Å². The lowest BCUT2D eigenvalue weighted by Gasteiger charge is -2.08. The minimum atomic E-state index is -0.102. The van der Waals surface area contributed by atoms with Gasteiger partial charge in [-0.05, 0) is 52.1 Å². The lowest BCUT2D eigenvalue weighted by Crippen LogP contribution is -2.23. The van der Waals surface area contributed by atoms with E-state index in [0.29, 0.717) is 6.54 Å². The molecule has 0 bridgehead atoms. The molecule has 0 spiro atoms. The molecule has 0 aliphatic heterocycles.